The molecular weight excluding hydrogens is 212 g/mol. The standard InChI is InChI=1S/C14H24N2O/c1-4-6-7-12(5-2)10-17-13-9-8-11(3)16-14(13)15/h8-9,12H,4-7,10H2,1-3H3,(H2,15,16). The fourth-order valence-electron chi connectivity index (χ4n) is 1.79. The van der Waals surface area contributed by atoms with E-state index in [4.69, 9.17) is 10.5 Å². The Morgan fingerprint density at radius 3 is 2.71 bits per heavy atom. The Bertz CT molecular complexity index is 339. The first kappa shape index (κ1) is 13.8. The quantitative estimate of drug-likeness (QED) is 0.787. The van der Waals surface area contributed by atoms with Gasteiger partial charge in [0.1, 0.15) is 0 Å². The van der Waals surface area contributed by atoms with Crippen molar-refractivity contribution < 1.29 is 4.74 Å². The van der Waals surface area contributed by atoms with Gasteiger partial charge in [-0.05, 0) is 31.4 Å². The summed E-state index contributed by atoms with van der Waals surface area (Å²) in [5.41, 5.74) is 6.74. The van der Waals surface area contributed by atoms with Crippen LogP contribution in [0.25, 0.3) is 0 Å². The SMILES string of the molecule is CCCCC(CC)COc1ccc(C)nc1N. The Balaban J connectivity index is 2.47. The molecule has 0 radical (unpaired) electrons. The molecule has 0 amide bonds. The summed E-state index contributed by atoms with van der Waals surface area (Å²) in [7, 11) is 0. The molecule has 17 heavy (non-hydrogen) atoms. The number of aromatic nitrogens is 1. The molecule has 1 aromatic rings. The summed E-state index contributed by atoms with van der Waals surface area (Å²) in [6.07, 6.45) is 4.89. The van der Waals surface area contributed by atoms with Crippen LogP contribution in [0.5, 0.6) is 5.75 Å². The minimum absolute atomic E-state index is 0.496. The van der Waals surface area contributed by atoms with Gasteiger partial charge in [0.25, 0.3) is 0 Å². The molecule has 1 atom stereocenters. The Morgan fingerprint density at radius 2 is 2.12 bits per heavy atom. The maximum absolute atomic E-state index is 5.81. The maximum atomic E-state index is 5.81. The zero-order valence-electron chi connectivity index (χ0n) is 11.2. The largest absolute Gasteiger partial charge is 0.489 e. The van der Waals surface area contributed by atoms with E-state index < -0.39 is 0 Å². The van der Waals surface area contributed by atoms with Gasteiger partial charge in [0.2, 0.25) is 0 Å². The molecule has 0 saturated carbocycles. The highest BCUT2D eigenvalue weighted by Crippen LogP contribution is 2.21. The van der Waals surface area contributed by atoms with Gasteiger partial charge in [-0.1, -0.05) is 33.1 Å². The molecule has 0 fully saturated rings. The fraction of sp³-hybridized carbons (Fsp3) is 0.643. The van der Waals surface area contributed by atoms with Crippen LogP contribution in [0, 0.1) is 12.8 Å². The van der Waals surface area contributed by atoms with Gasteiger partial charge in [-0.3, -0.25) is 0 Å². The summed E-state index contributed by atoms with van der Waals surface area (Å²) in [5, 5.41) is 0. The number of anilines is 1. The number of ether oxygens (including phenoxy) is 1. The van der Waals surface area contributed by atoms with Crippen LogP contribution in [0.4, 0.5) is 5.82 Å². The molecule has 1 rings (SSSR count). The number of rotatable bonds is 7. The summed E-state index contributed by atoms with van der Waals surface area (Å²) in [6.45, 7) is 7.09. The lowest BCUT2D eigenvalue weighted by molar-refractivity contribution is 0.234. The van der Waals surface area contributed by atoms with E-state index in [2.05, 4.69) is 18.8 Å². The third-order valence-corrected chi connectivity index (χ3v) is 3.04. The molecule has 0 aromatic carbocycles. The Kier molecular flexibility index (Phi) is 5.81. The molecule has 0 aliphatic carbocycles. The summed E-state index contributed by atoms with van der Waals surface area (Å²) in [6, 6.07) is 3.84. The predicted octanol–water partition coefficient (Wildman–Crippen LogP) is 3.57. The topological polar surface area (TPSA) is 48.1 Å². The number of nitrogen functional groups attached to an aromatic ring is 1. The lowest BCUT2D eigenvalue weighted by atomic mass is 10.0. The zero-order chi connectivity index (χ0) is 12.7. The Morgan fingerprint density at radius 1 is 1.35 bits per heavy atom. The second kappa shape index (κ2) is 7.15. The molecule has 3 heteroatoms. The van der Waals surface area contributed by atoms with Gasteiger partial charge in [0, 0.05) is 5.69 Å². The van der Waals surface area contributed by atoms with Crippen molar-refractivity contribution in [2.24, 2.45) is 5.92 Å². The Hall–Kier alpha value is -1.25. The monoisotopic (exact) mass is 236 g/mol. The van der Waals surface area contributed by atoms with E-state index in [1.807, 2.05) is 19.1 Å². The van der Waals surface area contributed by atoms with Crippen molar-refractivity contribution in [3.05, 3.63) is 17.8 Å². The predicted molar refractivity (Wildman–Crippen MR) is 72.2 cm³/mol. The average molecular weight is 236 g/mol. The number of unbranched alkanes of at least 4 members (excludes halogenated alkanes) is 1. The van der Waals surface area contributed by atoms with Crippen LogP contribution in [0.3, 0.4) is 0 Å². The first-order chi connectivity index (χ1) is 8.17. The zero-order valence-corrected chi connectivity index (χ0v) is 11.2. The molecule has 0 saturated heterocycles. The smallest absolute Gasteiger partial charge is 0.166 e. The van der Waals surface area contributed by atoms with Crippen molar-refractivity contribution in [1.82, 2.24) is 4.98 Å². The minimum atomic E-state index is 0.496. The van der Waals surface area contributed by atoms with Gasteiger partial charge in [-0.15, -0.1) is 0 Å². The second-order valence-corrected chi connectivity index (χ2v) is 4.56. The summed E-state index contributed by atoms with van der Waals surface area (Å²) in [5.74, 6) is 1.83. The van der Waals surface area contributed by atoms with Crippen molar-refractivity contribution in [1.29, 1.82) is 0 Å². The molecule has 3 nitrogen and oxygen atoms in total. The third kappa shape index (κ3) is 4.63. The van der Waals surface area contributed by atoms with Gasteiger partial charge >= 0.3 is 0 Å². The van der Waals surface area contributed by atoms with Crippen LogP contribution in [0.2, 0.25) is 0 Å². The molecule has 1 unspecified atom stereocenters. The van der Waals surface area contributed by atoms with Gasteiger partial charge < -0.3 is 10.5 Å². The fourth-order valence-corrected chi connectivity index (χ4v) is 1.79. The number of pyridine rings is 1. The van der Waals surface area contributed by atoms with Crippen LogP contribution < -0.4 is 10.5 Å². The van der Waals surface area contributed by atoms with Crippen LogP contribution in [-0.4, -0.2) is 11.6 Å². The molecule has 96 valence electrons. The van der Waals surface area contributed by atoms with Crippen LogP contribution >= 0.6 is 0 Å². The molecule has 1 aromatic heterocycles. The average Bonchev–Trinajstić information content (AvgIpc) is 2.31. The van der Waals surface area contributed by atoms with Crippen molar-refractivity contribution in [3.8, 4) is 5.75 Å². The normalized spacial score (nSPS) is 12.4. The highest BCUT2D eigenvalue weighted by molar-refractivity contribution is 5.46. The van der Waals surface area contributed by atoms with Crippen molar-refractivity contribution in [2.75, 3.05) is 12.3 Å². The number of hydrogen-bond donors (Lipinski definition) is 1. The van der Waals surface area contributed by atoms with Crippen molar-refractivity contribution in [2.45, 2.75) is 46.5 Å². The van der Waals surface area contributed by atoms with Gasteiger partial charge in [0.15, 0.2) is 11.6 Å². The van der Waals surface area contributed by atoms with E-state index in [-0.39, 0.29) is 0 Å². The molecule has 0 spiro atoms. The van der Waals surface area contributed by atoms with E-state index in [1.165, 1.54) is 19.3 Å². The molecule has 2 N–H and O–H groups in total. The summed E-state index contributed by atoms with van der Waals surface area (Å²) in [4.78, 5) is 4.19. The number of nitrogens with two attached hydrogens (primary N) is 1. The van der Waals surface area contributed by atoms with Crippen LogP contribution in [0.1, 0.15) is 45.2 Å². The van der Waals surface area contributed by atoms with Crippen LogP contribution in [0.15, 0.2) is 12.1 Å². The third-order valence-electron chi connectivity index (χ3n) is 3.04. The highest BCUT2D eigenvalue weighted by atomic mass is 16.5. The second-order valence-electron chi connectivity index (χ2n) is 4.56. The first-order valence-electron chi connectivity index (χ1n) is 6.53. The molecular formula is C14H24N2O. The summed E-state index contributed by atoms with van der Waals surface area (Å²) < 4.78 is 5.75. The molecule has 0 aliphatic heterocycles. The van der Waals surface area contributed by atoms with Crippen molar-refractivity contribution >= 4 is 5.82 Å². The number of aryl methyl sites for hydroxylation is 1. The maximum Gasteiger partial charge on any atom is 0.166 e. The van der Waals surface area contributed by atoms with Gasteiger partial charge in [-0.25, -0.2) is 4.98 Å². The lowest BCUT2D eigenvalue weighted by Crippen LogP contribution is -2.12. The Labute approximate surface area is 104 Å². The summed E-state index contributed by atoms with van der Waals surface area (Å²) >= 11 is 0. The van der Waals surface area contributed by atoms with E-state index in [1.54, 1.807) is 0 Å². The van der Waals surface area contributed by atoms with E-state index in [0.29, 0.717) is 17.5 Å². The molecule has 0 bridgehead atoms. The highest BCUT2D eigenvalue weighted by Gasteiger charge is 2.08. The van der Waals surface area contributed by atoms with E-state index in [9.17, 15) is 0 Å². The van der Waals surface area contributed by atoms with Crippen LogP contribution in [-0.2, 0) is 0 Å². The molecule has 1 heterocycles. The lowest BCUT2D eigenvalue weighted by Gasteiger charge is -2.16. The molecule has 0 aliphatic rings. The first-order valence-corrected chi connectivity index (χ1v) is 6.53. The van der Waals surface area contributed by atoms with Gasteiger partial charge in [0.05, 0.1) is 6.61 Å². The van der Waals surface area contributed by atoms with Gasteiger partial charge in [-0.2, -0.15) is 0 Å². The van der Waals surface area contributed by atoms with E-state index in [0.717, 1.165) is 18.7 Å². The van der Waals surface area contributed by atoms with E-state index >= 15 is 0 Å². The van der Waals surface area contributed by atoms with Crippen molar-refractivity contribution in [3.63, 3.8) is 0 Å². The minimum Gasteiger partial charge on any atom is -0.489 e. The number of nitrogens with zero attached hydrogens (tertiary/aromatic N) is 1. The number of hydrogen-bond acceptors (Lipinski definition) is 3.